The van der Waals surface area contributed by atoms with Gasteiger partial charge in [0.25, 0.3) is 0 Å². The topological polar surface area (TPSA) is 29.3 Å². The van der Waals surface area contributed by atoms with Crippen molar-refractivity contribution in [3.8, 4) is 0 Å². The lowest BCUT2D eigenvalue weighted by Gasteiger charge is -2.23. The summed E-state index contributed by atoms with van der Waals surface area (Å²) in [6.45, 7) is 2.15. The Balaban J connectivity index is 1.74. The second kappa shape index (κ2) is 4.51. The zero-order valence-corrected chi connectivity index (χ0v) is 10.8. The largest absolute Gasteiger partial charge is 0.398 e. The number of nitrogens with zero attached hydrogens (tertiary/aromatic N) is 1. The minimum absolute atomic E-state index is 0.784. The predicted octanol–water partition coefficient (Wildman–Crippen LogP) is 3.30. The van der Waals surface area contributed by atoms with Crippen molar-refractivity contribution in [2.75, 3.05) is 12.3 Å². The van der Waals surface area contributed by atoms with E-state index in [4.69, 9.17) is 17.3 Å². The molecule has 0 amide bonds. The molecule has 2 fully saturated rings. The van der Waals surface area contributed by atoms with E-state index in [1.165, 1.54) is 32.2 Å². The Labute approximate surface area is 108 Å². The number of rotatable bonds is 5. The molecule has 2 saturated carbocycles. The molecule has 2 aliphatic rings. The fraction of sp³-hybridized carbons (Fsp3) is 0.571. The van der Waals surface area contributed by atoms with Crippen LogP contribution in [0.5, 0.6) is 0 Å². The molecule has 1 aromatic carbocycles. The molecule has 2 nitrogen and oxygen atoms in total. The van der Waals surface area contributed by atoms with Gasteiger partial charge in [-0.15, -0.1) is 0 Å². The van der Waals surface area contributed by atoms with Crippen LogP contribution in [0.15, 0.2) is 18.2 Å². The molecular formula is C14H19ClN2. The third kappa shape index (κ3) is 2.75. The van der Waals surface area contributed by atoms with Gasteiger partial charge in [0.1, 0.15) is 0 Å². The first-order valence-electron chi connectivity index (χ1n) is 6.51. The Morgan fingerprint density at radius 3 is 2.59 bits per heavy atom. The number of benzene rings is 1. The first kappa shape index (κ1) is 11.4. The van der Waals surface area contributed by atoms with Crippen LogP contribution in [0.4, 0.5) is 5.69 Å². The highest BCUT2D eigenvalue weighted by Gasteiger charge is 2.33. The third-order valence-electron chi connectivity index (χ3n) is 3.77. The second-order valence-corrected chi connectivity index (χ2v) is 5.82. The molecule has 0 spiro atoms. The predicted molar refractivity (Wildman–Crippen MR) is 72.0 cm³/mol. The normalized spacial score (nSPS) is 19.9. The summed E-state index contributed by atoms with van der Waals surface area (Å²) in [5.41, 5.74) is 7.97. The summed E-state index contributed by atoms with van der Waals surface area (Å²) >= 11 is 6.24. The van der Waals surface area contributed by atoms with Crippen LogP contribution in [0.3, 0.4) is 0 Å². The maximum atomic E-state index is 6.24. The molecule has 3 heteroatoms. The maximum absolute atomic E-state index is 6.24. The Hall–Kier alpha value is -0.730. The SMILES string of the molecule is Nc1cccc(Cl)c1CN(CC1CC1)C1CC1. The van der Waals surface area contributed by atoms with Crippen LogP contribution in [0, 0.1) is 5.92 Å². The summed E-state index contributed by atoms with van der Waals surface area (Å²) in [4.78, 5) is 2.58. The van der Waals surface area contributed by atoms with E-state index >= 15 is 0 Å². The van der Waals surface area contributed by atoms with Crippen molar-refractivity contribution >= 4 is 17.3 Å². The van der Waals surface area contributed by atoms with Gasteiger partial charge in [-0.25, -0.2) is 0 Å². The molecule has 0 saturated heterocycles. The number of halogens is 1. The van der Waals surface area contributed by atoms with Crippen molar-refractivity contribution in [2.45, 2.75) is 38.3 Å². The van der Waals surface area contributed by atoms with Crippen molar-refractivity contribution in [1.29, 1.82) is 0 Å². The first-order valence-corrected chi connectivity index (χ1v) is 6.89. The van der Waals surface area contributed by atoms with Gasteiger partial charge in [0.2, 0.25) is 0 Å². The molecule has 0 heterocycles. The quantitative estimate of drug-likeness (QED) is 0.813. The molecule has 0 radical (unpaired) electrons. The lowest BCUT2D eigenvalue weighted by Crippen LogP contribution is -2.28. The van der Waals surface area contributed by atoms with Crippen molar-refractivity contribution in [2.24, 2.45) is 5.92 Å². The highest BCUT2D eigenvalue weighted by Crippen LogP contribution is 2.36. The lowest BCUT2D eigenvalue weighted by atomic mass is 10.1. The van der Waals surface area contributed by atoms with Crippen LogP contribution in [-0.2, 0) is 6.54 Å². The van der Waals surface area contributed by atoms with E-state index in [-0.39, 0.29) is 0 Å². The summed E-state index contributed by atoms with van der Waals surface area (Å²) in [5.74, 6) is 0.930. The lowest BCUT2D eigenvalue weighted by molar-refractivity contribution is 0.244. The fourth-order valence-corrected chi connectivity index (χ4v) is 2.60. The summed E-state index contributed by atoms with van der Waals surface area (Å²) in [6, 6.07) is 6.59. The molecule has 0 aromatic heterocycles. The van der Waals surface area contributed by atoms with Gasteiger partial charge in [-0.3, -0.25) is 4.90 Å². The van der Waals surface area contributed by atoms with E-state index in [1.807, 2.05) is 18.2 Å². The molecule has 17 heavy (non-hydrogen) atoms. The summed E-state index contributed by atoms with van der Waals surface area (Å²) < 4.78 is 0. The van der Waals surface area contributed by atoms with Crippen molar-refractivity contribution in [3.05, 3.63) is 28.8 Å². The van der Waals surface area contributed by atoms with Crippen LogP contribution in [0.1, 0.15) is 31.2 Å². The van der Waals surface area contributed by atoms with Crippen LogP contribution in [-0.4, -0.2) is 17.5 Å². The smallest absolute Gasteiger partial charge is 0.0471 e. The molecule has 0 atom stereocenters. The van der Waals surface area contributed by atoms with Crippen LogP contribution >= 0.6 is 11.6 Å². The fourth-order valence-electron chi connectivity index (χ4n) is 2.36. The Bertz CT molecular complexity index is 390. The van der Waals surface area contributed by atoms with Gasteiger partial charge in [-0.1, -0.05) is 17.7 Å². The van der Waals surface area contributed by atoms with Crippen molar-refractivity contribution in [3.63, 3.8) is 0 Å². The van der Waals surface area contributed by atoms with E-state index < -0.39 is 0 Å². The maximum Gasteiger partial charge on any atom is 0.0471 e. The minimum Gasteiger partial charge on any atom is -0.398 e. The zero-order chi connectivity index (χ0) is 11.8. The van der Waals surface area contributed by atoms with E-state index in [9.17, 15) is 0 Å². The van der Waals surface area contributed by atoms with Crippen LogP contribution < -0.4 is 5.73 Å². The molecule has 92 valence electrons. The third-order valence-corrected chi connectivity index (χ3v) is 4.12. The molecule has 3 rings (SSSR count). The Morgan fingerprint density at radius 1 is 1.24 bits per heavy atom. The van der Waals surface area contributed by atoms with E-state index in [2.05, 4.69) is 4.90 Å². The Morgan fingerprint density at radius 2 is 2.00 bits per heavy atom. The number of anilines is 1. The summed E-state index contributed by atoms with van der Waals surface area (Å²) in [6.07, 6.45) is 5.50. The Kier molecular flexibility index (Phi) is 3.01. The van der Waals surface area contributed by atoms with Gasteiger partial charge >= 0.3 is 0 Å². The molecule has 1 aromatic rings. The standard InChI is InChI=1S/C14H19ClN2/c15-13-2-1-3-14(16)12(13)9-17(11-6-7-11)8-10-4-5-10/h1-3,10-11H,4-9,16H2. The van der Waals surface area contributed by atoms with Gasteiger partial charge in [0, 0.05) is 35.4 Å². The van der Waals surface area contributed by atoms with E-state index in [0.29, 0.717) is 0 Å². The molecule has 0 bridgehead atoms. The zero-order valence-electron chi connectivity index (χ0n) is 10.0. The molecular weight excluding hydrogens is 232 g/mol. The molecule has 2 aliphatic carbocycles. The molecule has 0 aliphatic heterocycles. The average molecular weight is 251 g/mol. The number of hydrogen-bond acceptors (Lipinski definition) is 2. The van der Waals surface area contributed by atoms with E-state index in [0.717, 1.165) is 34.8 Å². The van der Waals surface area contributed by atoms with Gasteiger partial charge < -0.3 is 5.73 Å². The number of hydrogen-bond donors (Lipinski definition) is 1. The minimum atomic E-state index is 0.784. The second-order valence-electron chi connectivity index (χ2n) is 5.41. The average Bonchev–Trinajstić information content (AvgIpc) is 3.14. The molecule has 0 unspecified atom stereocenters. The summed E-state index contributed by atoms with van der Waals surface area (Å²) in [7, 11) is 0. The van der Waals surface area contributed by atoms with Gasteiger partial charge in [-0.2, -0.15) is 0 Å². The van der Waals surface area contributed by atoms with Gasteiger partial charge in [0.05, 0.1) is 0 Å². The first-order chi connectivity index (χ1) is 8.24. The van der Waals surface area contributed by atoms with Gasteiger partial charge in [0.15, 0.2) is 0 Å². The van der Waals surface area contributed by atoms with Crippen LogP contribution in [0.2, 0.25) is 5.02 Å². The number of nitrogens with two attached hydrogens (primary N) is 1. The highest BCUT2D eigenvalue weighted by atomic mass is 35.5. The van der Waals surface area contributed by atoms with Gasteiger partial charge in [-0.05, 0) is 43.7 Å². The van der Waals surface area contributed by atoms with Crippen LogP contribution in [0.25, 0.3) is 0 Å². The highest BCUT2D eigenvalue weighted by molar-refractivity contribution is 6.31. The summed E-state index contributed by atoms with van der Waals surface area (Å²) in [5, 5.41) is 0.812. The molecule has 2 N–H and O–H groups in total. The van der Waals surface area contributed by atoms with E-state index in [1.54, 1.807) is 0 Å². The van der Waals surface area contributed by atoms with Crippen molar-refractivity contribution in [1.82, 2.24) is 4.90 Å². The number of nitrogen functional groups attached to an aromatic ring is 1. The van der Waals surface area contributed by atoms with Crippen molar-refractivity contribution < 1.29 is 0 Å². The monoisotopic (exact) mass is 250 g/mol.